The van der Waals surface area contributed by atoms with E-state index in [0.29, 0.717) is 10.9 Å². The third kappa shape index (κ3) is 2.08. The standard InChI is InChI=1S/C7H6BrClF2N2/c8-1-3-5(12)4(7(10)11)2-13-6(3)9/h2,7H,1H2,(H2,12,13). The van der Waals surface area contributed by atoms with Gasteiger partial charge in [-0.15, -0.1) is 0 Å². The first kappa shape index (κ1) is 10.7. The molecule has 0 saturated carbocycles. The van der Waals surface area contributed by atoms with Gasteiger partial charge in [-0.05, 0) is 0 Å². The van der Waals surface area contributed by atoms with Crippen LogP contribution in [0.4, 0.5) is 14.5 Å². The molecule has 0 spiro atoms. The van der Waals surface area contributed by atoms with Gasteiger partial charge in [0, 0.05) is 22.8 Å². The van der Waals surface area contributed by atoms with E-state index in [4.69, 9.17) is 17.3 Å². The van der Waals surface area contributed by atoms with Crippen molar-refractivity contribution in [3.05, 3.63) is 22.5 Å². The summed E-state index contributed by atoms with van der Waals surface area (Å²) in [5.41, 5.74) is 5.59. The summed E-state index contributed by atoms with van der Waals surface area (Å²) >= 11 is 8.73. The number of pyridine rings is 1. The predicted molar refractivity (Wildman–Crippen MR) is 51.2 cm³/mol. The van der Waals surface area contributed by atoms with E-state index < -0.39 is 6.43 Å². The van der Waals surface area contributed by atoms with Crippen molar-refractivity contribution in [2.24, 2.45) is 0 Å². The second-order valence-corrected chi connectivity index (χ2v) is 3.25. The van der Waals surface area contributed by atoms with Crippen molar-refractivity contribution in [3.8, 4) is 0 Å². The summed E-state index contributed by atoms with van der Waals surface area (Å²) in [4.78, 5) is 3.61. The summed E-state index contributed by atoms with van der Waals surface area (Å²) in [5, 5.41) is 0.462. The molecule has 0 bridgehead atoms. The lowest BCUT2D eigenvalue weighted by Gasteiger charge is -2.08. The Hall–Kier alpha value is -0.420. The molecule has 72 valence electrons. The van der Waals surface area contributed by atoms with Crippen LogP contribution in [0.25, 0.3) is 0 Å². The van der Waals surface area contributed by atoms with Crippen molar-refractivity contribution < 1.29 is 8.78 Å². The van der Waals surface area contributed by atoms with E-state index in [1.807, 2.05) is 0 Å². The Bertz CT molecular complexity index is 320. The van der Waals surface area contributed by atoms with Gasteiger partial charge in [0.2, 0.25) is 0 Å². The molecule has 0 fully saturated rings. The van der Waals surface area contributed by atoms with Gasteiger partial charge in [0.15, 0.2) is 0 Å². The second-order valence-electron chi connectivity index (χ2n) is 2.33. The Labute approximate surface area is 87.2 Å². The summed E-state index contributed by atoms with van der Waals surface area (Å²) < 4.78 is 24.6. The number of hydrogen-bond acceptors (Lipinski definition) is 2. The molecule has 0 aliphatic rings. The summed E-state index contributed by atoms with van der Waals surface area (Å²) in [6.45, 7) is 0. The van der Waals surface area contributed by atoms with E-state index in [-0.39, 0.29) is 16.4 Å². The first-order valence-electron chi connectivity index (χ1n) is 3.34. The number of nitrogens with zero attached hydrogens (tertiary/aromatic N) is 1. The highest BCUT2D eigenvalue weighted by Crippen LogP contribution is 2.31. The number of alkyl halides is 3. The van der Waals surface area contributed by atoms with Crippen LogP contribution < -0.4 is 5.73 Å². The van der Waals surface area contributed by atoms with Crippen molar-refractivity contribution >= 4 is 33.2 Å². The molecule has 0 unspecified atom stereocenters. The molecule has 2 nitrogen and oxygen atoms in total. The zero-order valence-electron chi connectivity index (χ0n) is 6.40. The van der Waals surface area contributed by atoms with Crippen LogP contribution in [0.2, 0.25) is 5.15 Å². The zero-order chi connectivity index (χ0) is 10.0. The van der Waals surface area contributed by atoms with Crippen molar-refractivity contribution in [1.29, 1.82) is 0 Å². The maximum Gasteiger partial charge on any atom is 0.267 e. The highest BCUT2D eigenvalue weighted by atomic mass is 79.9. The summed E-state index contributed by atoms with van der Waals surface area (Å²) in [7, 11) is 0. The maximum absolute atomic E-state index is 12.3. The first-order valence-corrected chi connectivity index (χ1v) is 4.84. The SMILES string of the molecule is Nc1c(C(F)F)cnc(Cl)c1CBr. The molecular weight excluding hydrogens is 265 g/mol. The average molecular weight is 271 g/mol. The highest BCUT2D eigenvalue weighted by molar-refractivity contribution is 9.08. The fourth-order valence-corrected chi connectivity index (χ4v) is 1.81. The number of rotatable bonds is 2. The number of anilines is 1. The molecule has 0 aliphatic carbocycles. The monoisotopic (exact) mass is 270 g/mol. The quantitative estimate of drug-likeness (QED) is 0.663. The largest absolute Gasteiger partial charge is 0.398 e. The van der Waals surface area contributed by atoms with E-state index in [0.717, 1.165) is 6.20 Å². The van der Waals surface area contributed by atoms with Gasteiger partial charge in [-0.25, -0.2) is 13.8 Å². The van der Waals surface area contributed by atoms with Gasteiger partial charge in [-0.3, -0.25) is 0 Å². The van der Waals surface area contributed by atoms with Crippen LogP contribution in [0.1, 0.15) is 17.6 Å². The van der Waals surface area contributed by atoms with Crippen LogP contribution >= 0.6 is 27.5 Å². The third-order valence-corrected chi connectivity index (χ3v) is 2.46. The lowest BCUT2D eigenvalue weighted by atomic mass is 10.2. The summed E-state index contributed by atoms with van der Waals surface area (Å²) in [6, 6.07) is 0. The molecule has 0 aromatic carbocycles. The maximum atomic E-state index is 12.3. The van der Waals surface area contributed by atoms with Crippen LogP contribution in [0.5, 0.6) is 0 Å². The lowest BCUT2D eigenvalue weighted by molar-refractivity contribution is 0.152. The van der Waals surface area contributed by atoms with Gasteiger partial charge in [0.25, 0.3) is 6.43 Å². The van der Waals surface area contributed by atoms with Crippen LogP contribution in [0, 0.1) is 0 Å². The summed E-state index contributed by atoms with van der Waals surface area (Å²) in [5.74, 6) is 0. The fourth-order valence-electron chi connectivity index (χ4n) is 0.860. The molecule has 0 atom stereocenters. The van der Waals surface area contributed by atoms with E-state index >= 15 is 0 Å². The van der Waals surface area contributed by atoms with Crippen LogP contribution in [-0.2, 0) is 5.33 Å². The Balaban J connectivity index is 3.27. The fraction of sp³-hybridized carbons (Fsp3) is 0.286. The first-order chi connectivity index (χ1) is 6.07. The minimum atomic E-state index is -2.62. The second kappa shape index (κ2) is 4.19. The number of hydrogen-bond donors (Lipinski definition) is 1. The van der Waals surface area contributed by atoms with E-state index in [1.165, 1.54) is 0 Å². The molecule has 1 rings (SSSR count). The molecular formula is C7H6BrClF2N2. The van der Waals surface area contributed by atoms with Gasteiger partial charge >= 0.3 is 0 Å². The number of aromatic nitrogens is 1. The molecule has 0 aliphatic heterocycles. The smallest absolute Gasteiger partial charge is 0.267 e. The zero-order valence-corrected chi connectivity index (χ0v) is 8.74. The molecule has 13 heavy (non-hydrogen) atoms. The Morgan fingerprint density at radius 3 is 2.69 bits per heavy atom. The van der Waals surface area contributed by atoms with Crippen molar-refractivity contribution in [2.75, 3.05) is 5.73 Å². The molecule has 0 amide bonds. The molecule has 0 saturated heterocycles. The Morgan fingerprint density at radius 1 is 1.62 bits per heavy atom. The van der Waals surface area contributed by atoms with Gasteiger partial charge in [-0.2, -0.15) is 0 Å². The molecule has 6 heteroatoms. The van der Waals surface area contributed by atoms with Gasteiger partial charge < -0.3 is 5.73 Å². The minimum absolute atomic E-state index is 0.00637. The van der Waals surface area contributed by atoms with Crippen LogP contribution in [0.3, 0.4) is 0 Å². The van der Waals surface area contributed by atoms with Gasteiger partial charge in [0.1, 0.15) is 5.15 Å². The Morgan fingerprint density at radius 2 is 2.23 bits per heavy atom. The molecule has 0 radical (unpaired) electrons. The van der Waals surface area contributed by atoms with Crippen LogP contribution in [0.15, 0.2) is 6.20 Å². The number of halogens is 4. The predicted octanol–water partition coefficient (Wildman–Crippen LogP) is 3.15. The third-order valence-electron chi connectivity index (χ3n) is 1.57. The number of nitrogen functional groups attached to an aromatic ring is 1. The Kier molecular flexibility index (Phi) is 3.44. The van der Waals surface area contributed by atoms with Gasteiger partial charge in [0.05, 0.1) is 5.56 Å². The molecule has 1 heterocycles. The lowest BCUT2D eigenvalue weighted by Crippen LogP contribution is -2.01. The van der Waals surface area contributed by atoms with E-state index in [1.54, 1.807) is 0 Å². The average Bonchev–Trinajstić information content (AvgIpc) is 2.04. The normalized spacial score (nSPS) is 10.8. The van der Waals surface area contributed by atoms with Crippen molar-refractivity contribution in [1.82, 2.24) is 4.98 Å². The molecule has 2 N–H and O–H groups in total. The van der Waals surface area contributed by atoms with Crippen molar-refractivity contribution in [2.45, 2.75) is 11.8 Å². The van der Waals surface area contributed by atoms with Crippen LogP contribution in [-0.4, -0.2) is 4.98 Å². The van der Waals surface area contributed by atoms with Gasteiger partial charge in [-0.1, -0.05) is 27.5 Å². The van der Waals surface area contributed by atoms with Crippen molar-refractivity contribution in [3.63, 3.8) is 0 Å². The molecule has 1 aromatic rings. The van der Waals surface area contributed by atoms with E-state index in [9.17, 15) is 8.78 Å². The molecule has 1 aromatic heterocycles. The minimum Gasteiger partial charge on any atom is -0.398 e. The van der Waals surface area contributed by atoms with E-state index in [2.05, 4.69) is 20.9 Å². The highest BCUT2D eigenvalue weighted by Gasteiger charge is 2.16. The number of nitrogens with two attached hydrogens (primary N) is 1. The topological polar surface area (TPSA) is 38.9 Å². The summed E-state index contributed by atoms with van der Waals surface area (Å²) in [6.07, 6.45) is -1.63.